The Bertz CT molecular complexity index is 786. The predicted molar refractivity (Wildman–Crippen MR) is 115 cm³/mol. The van der Waals surface area contributed by atoms with Crippen molar-refractivity contribution in [1.29, 1.82) is 0 Å². The first-order valence-corrected chi connectivity index (χ1v) is 10.7. The molecule has 152 valence electrons. The fourth-order valence-corrected chi connectivity index (χ4v) is 4.00. The van der Waals surface area contributed by atoms with Gasteiger partial charge >= 0.3 is 0 Å². The monoisotopic (exact) mass is 404 g/mol. The number of benzene rings is 1. The van der Waals surface area contributed by atoms with Gasteiger partial charge in [-0.05, 0) is 43.2 Å². The molecule has 0 unspecified atom stereocenters. The van der Waals surface area contributed by atoms with Gasteiger partial charge in [0.15, 0.2) is 5.96 Å². The molecule has 28 heavy (non-hydrogen) atoms. The third kappa shape index (κ3) is 5.69. The van der Waals surface area contributed by atoms with Crippen LogP contribution in [0.3, 0.4) is 0 Å². The molecule has 0 aliphatic carbocycles. The van der Waals surface area contributed by atoms with Gasteiger partial charge in [0.2, 0.25) is 0 Å². The van der Waals surface area contributed by atoms with E-state index in [1.807, 2.05) is 35.3 Å². The molecule has 2 heterocycles. The van der Waals surface area contributed by atoms with Crippen molar-refractivity contribution in [3.05, 3.63) is 51.5 Å². The Labute approximate surface area is 170 Å². The molecule has 0 amide bonds. The number of nitrogens with zero attached hydrogens (tertiary/aromatic N) is 2. The molecule has 0 radical (unpaired) electrons. The van der Waals surface area contributed by atoms with Crippen molar-refractivity contribution in [2.24, 2.45) is 4.99 Å². The van der Waals surface area contributed by atoms with E-state index in [2.05, 4.69) is 34.7 Å². The van der Waals surface area contributed by atoms with Crippen LogP contribution in [0.15, 0.2) is 35.3 Å². The van der Waals surface area contributed by atoms with Crippen LogP contribution in [0.2, 0.25) is 0 Å². The van der Waals surface area contributed by atoms with Crippen molar-refractivity contribution < 1.29 is 9.13 Å². The molecule has 5 nitrogen and oxygen atoms in total. The normalized spacial score (nSPS) is 15.0. The maximum Gasteiger partial charge on any atom is 0.191 e. The third-order valence-corrected chi connectivity index (χ3v) is 5.85. The summed E-state index contributed by atoms with van der Waals surface area (Å²) in [5.41, 5.74) is 1.50. The van der Waals surface area contributed by atoms with Gasteiger partial charge in [-0.1, -0.05) is 13.0 Å². The number of hydrogen-bond donors (Lipinski definition) is 2. The molecule has 2 N–H and O–H groups in total. The van der Waals surface area contributed by atoms with Crippen LogP contribution < -0.4 is 15.5 Å². The Morgan fingerprint density at radius 2 is 1.93 bits per heavy atom. The highest BCUT2D eigenvalue weighted by molar-refractivity contribution is 7.11. The SMILES string of the molecule is CCNC(=NCc1ccc(N2CCOCC2)c(F)c1)NCc1ccc(CC)s1. The third-order valence-electron chi connectivity index (χ3n) is 4.62. The van der Waals surface area contributed by atoms with Crippen molar-refractivity contribution in [2.75, 3.05) is 37.7 Å². The summed E-state index contributed by atoms with van der Waals surface area (Å²) in [7, 11) is 0. The maximum absolute atomic E-state index is 14.6. The lowest BCUT2D eigenvalue weighted by atomic mass is 10.1. The molecule has 3 rings (SSSR count). The first-order chi connectivity index (χ1) is 13.7. The second-order valence-electron chi connectivity index (χ2n) is 6.66. The molecule has 2 aromatic rings. The van der Waals surface area contributed by atoms with Crippen LogP contribution in [0.4, 0.5) is 10.1 Å². The van der Waals surface area contributed by atoms with Crippen molar-refractivity contribution in [3.8, 4) is 0 Å². The number of nitrogens with one attached hydrogen (secondary N) is 2. The molecule has 0 spiro atoms. The van der Waals surface area contributed by atoms with Crippen LogP contribution in [-0.4, -0.2) is 38.8 Å². The number of hydrogen-bond acceptors (Lipinski definition) is 4. The Hall–Kier alpha value is -2.12. The number of anilines is 1. The Morgan fingerprint density at radius 1 is 1.14 bits per heavy atom. The summed E-state index contributed by atoms with van der Waals surface area (Å²) in [6, 6.07) is 9.71. The predicted octanol–water partition coefficient (Wildman–Crippen LogP) is 3.54. The van der Waals surface area contributed by atoms with Gasteiger partial charge in [-0.3, -0.25) is 0 Å². The van der Waals surface area contributed by atoms with E-state index in [1.165, 1.54) is 9.75 Å². The average molecular weight is 405 g/mol. The first kappa shape index (κ1) is 20.6. The molecule has 1 aromatic heterocycles. The van der Waals surface area contributed by atoms with Crippen LogP contribution in [0.5, 0.6) is 0 Å². The van der Waals surface area contributed by atoms with E-state index >= 15 is 0 Å². The highest BCUT2D eigenvalue weighted by Crippen LogP contribution is 2.22. The molecular formula is C21H29FN4OS. The lowest BCUT2D eigenvalue weighted by Crippen LogP contribution is -2.37. The molecule has 1 saturated heterocycles. The van der Waals surface area contributed by atoms with Gasteiger partial charge in [0.05, 0.1) is 32.0 Å². The van der Waals surface area contributed by atoms with Gasteiger partial charge in [0.25, 0.3) is 0 Å². The smallest absolute Gasteiger partial charge is 0.191 e. The minimum absolute atomic E-state index is 0.196. The molecule has 0 saturated carbocycles. The zero-order valence-corrected chi connectivity index (χ0v) is 17.4. The fraction of sp³-hybridized carbons (Fsp3) is 0.476. The zero-order chi connectivity index (χ0) is 19.8. The van der Waals surface area contributed by atoms with Gasteiger partial charge in [-0.2, -0.15) is 0 Å². The highest BCUT2D eigenvalue weighted by Gasteiger charge is 2.15. The van der Waals surface area contributed by atoms with Crippen molar-refractivity contribution in [3.63, 3.8) is 0 Å². The zero-order valence-electron chi connectivity index (χ0n) is 16.6. The largest absolute Gasteiger partial charge is 0.378 e. The van der Waals surface area contributed by atoms with Gasteiger partial charge in [0.1, 0.15) is 5.82 Å². The summed E-state index contributed by atoms with van der Waals surface area (Å²) in [6.45, 7) is 8.89. The molecular weight excluding hydrogens is 375 g/mol. The number of guanidine groups is 1. The van der Waals surface area contributed by atoms with Crippen LogP contribution >= 0.6 is 11.3 Å². The number of halogens is 1. The van der Waals surface area contributed by atoms with E-state index in [-0.39, 0.29) is 5.82 Å². The molecule has 0 atom stereocenters. The lowest BCUT2D eigenvalue weighted by Gasteiger charge is -2.29. The van der Waals surface area contributed by atoms with E-state index in [0.29, 0.717) is 25.4 Å². The number of aliphatic imine (C=N–C) groups is 1. The van der Waals surface area contributed by atoms with Gasteiger partial charge in [0, 0.05) is 29.4 Å². The summed E-state index contributed by atoms with van der Waals surface area (Å²) >= 11 is 1.82. The van der Waals surface area contributed by atoms with Gasteiger partial charge in [-0.25, -0.2) is 9.38 Å². The molecule has 1 fully saturated rings. The Kier molecular flexibility index (Phi) is 7.68. The van der Waals surface area contributed by atoms with Crippen LogP contribution in [-0.2, 0) is 24.2 Å². The van der Waals surface area contributed by atoms with Crippen molar-refractivity contribution in [1.82, 2.24) is 10.6 Å². The second kappa shape index (κ2) is 10.4. The molecule has 1 aliphatic heterocycles. The summed E-state index contributed by atoms with van der Waals surface area (Å²) in [4.78, 5) is 9.30. The van der Waals surface area contributed by atoms with Crippen LogP contribution in [0, 0.1) is 5.82 Å². The van der Waals surface area contributed by atoms with Crippen molar-refractivity contribution >= 4 is 23.0 Å². The number of morpholine rings is 1. The summed E-state index contributed by atoms with van der Waals surface area (Å²) in [6.07, 6.45) is 1.06. The van der Waals surface area contributed by atoms with Gasteiger partial charge in [-0.15, -0.1) is 11.3 Å². The molecule has 1 aliphatic rings. The summed E-state index contributed by atoms with van der Waals surface area (Å²) in [5.74, 6) is 0.546. The number of ether oxygens (including phenoxy) is 1. The first-order valence-electron chi connectivity index (χ1n) is 9.90. The topological polar surface area (TPSA) is 48.9 Å². The number of thiophene rings is 1. The summed E-state index contributed by atoms with van der Waals surface area (Å²) in [5, 5.41) is 6.61. The highest BCUT2D eigenvalue weighted by atomic mass is 32.1. The molecule has 0 bridgehead atoms. The minimum Gasteiger partial charge on any atom is -0.378 e. The van der Waals surface area contributed by atoms with E-state index < -0.39 is 0 Å². The summed E-state index contributed by atoms with van der Waals surface area (Å²) < 4.78 is 19.9. The maximum atomic E-state index is 14.6. The standard InChI is InChI=1S/C21H29FN4OS/c1-3-17-6-7-18(28-17)15-25-21(23-4-2)24-14-16-5-8-20(19(22)13-16)26-9-11-27-12-10-26/h5-8,13H,3-4,9-12,14-15H2,1-2H3,(H2,23,24,25). The van der Waals surface area contributed by atoms with E-state index in [0.717, 1.165) is 44.1 Å². The number of rotatable bonds is 7. The second-order valence-corrected chi connectivity index (χ2v) is 7.91. The Balaban J connectivity index is 1.60. The minimum atomic E-state index is -0.196. The quantitative estimate of drug-likeness (QED) is 0.547. The van der Waals surface area contributed by atoms with E-state index in [4.69, 9.17) is 4.74 Å². The molecule has 1 aromatic carbocycles. The van der Waals surface area contributed by atoms with E-state index in [1.54, 1.807) is 6.07 Å². The number of aryl methyl sites for hydroxylation is 1. The lowest BCUT2D eigenvalue weighted by molar-refractivity contribution is 0.122. The average Bonchev–Trinajstić information content (AvgIpc) is 3.19. The van der Waals surface area contributed by atoms with Crippen LogP contribution in [0.1, 0.15) is 29.2 Å². The van der Waals surface area contributed by atoms with Crippen molar-refractivity contribution in [2.45, 2.75) is 33.4 Å². The fourth-order valence-electron chi connectivity index (χ4n) is 3.10. The van der Waals surface area contributed by atoms with Crippen LogP contribution in [0.25, 0.3) is 0 Å². The molecule has 7 heteroatoms. The Morgan fingerprint density at radius 3 is 2.61 bits per heavy atom. The van der Waals surface area contributed by atoms with Gasteiger partial charge < -0.3 is 20.3 Å². The van der Waals surface area contributed by atoms with E-state index in [9.17, 15) is 4.39 Å².